The molecule has 132 valence electrons. The van der Waals surface area contributed by atoms with E-state index in [0.717, 1.165) is 16.3 Å². The summed E-state index contributed by atoms with van der Waals surface area (Å²) >= 11 is 3.41. The van der Waals surface area contributed by atoms with Crippen LogP contribution in [0.4, 0.5) is 0 Å². The van der Waals surface area contributed by atoms with Gasteiger partial charge in [0.25, 0.3) is 5.91 Å². The number of hydrogen-bond acceptors (Lipinski definition) is 3. The quantitative estimate of drug-likeness (QED) is 0.786. The Balaban J connectivity index is 0.00000288. The van der Waals surface area contributed by atoms with Crippen LogP contribution >= 0.6 is 28.3 Å². The first-order valence-corrected chi connectivity index (χ1v) is 8.43. The third-order valence-electron chi connectivity index (χ3n) is 4.06. The number of carbonyl (C=O) groups is 1. The molecule has 0 fully saturated rings. The maximum Gasteiger partial charge on any atom is 0.254 e. The van der Waals surface area contributed by atoms with Crippen molar-refractivity contribution in [2.75, 3.05) is 13.6 Å². The average Bonchev–Trinajstić information content (AvgIpc) is 2.51. The van der Waals surface area contributed by atoms with Crippen molar-refractivity contribution < 1.29 is 4.79 Å². The number of amides is 1. The second-order valence-corrected chi connectivity index (χ2v) is 6.99. The third-order valence-corrected chi connectivity index (χ3v) is 4.72. The highest BCUT2D eigenvalue weighted by molar-refractivity contribution is 9.10. The standard InChI is InChI=1S/C17H22BrN3O2.ClH/c1-10(2)14(19)7-8-21(3)17(23)12-9-15(22)20-16-11(12)5-4-6-13(16)18;/h4-6,9-10,14H,7-8,19H2,1-3H3,(H,20,22);1H. The smallest absolute Gasteiger partial charge is 0.254 e. The Morgan fingerprint density at radius 3 is 2.67 bits per heavy atom. The Labute approximate surface area is 156 Å². The second-order valence-electron chi connectivity index (χ2n) is 6.13. The Morgan fingerprint density at radius 2 is 2.04 bits per heavy atom. The predicted molar refractivity (Wildman–Crippen MR) is 104 cm³/mol. The van der Waals surface area contributed by atoms with E-state index in [2.05, 4.69) is 34.8 Å². The number of fused-ring (bicyclic) bond motifs is 1. The zero-order valence-electron chi connectivity index (χ0n) is 14.0. The first kappa shape index (κ1) is 20.7. The Hall–Kier alpha value is -1.37. The van der Waals surface area contributed by atoms with Crippen LogP contribution in [-0.2, 0) is 0 Å². The summed E-state index contributed by atoms with van der Waals surface area (Å²) in [5.74, 6) is 0.199. The second kappa shape index (κ2) is 8.65. The van der Waals surface area contributed by atoms with Crippen molar-refractivity contribution in [1.29, 1.82) is 0 Å². The minimum atomic E-state index is -0.292. The summed E-state index contributed by atoms with van der Waals surface area (Å²) in [6.07, 6.45) is 0.727. The van der Waals surface area contributed by atoms with Gasteiger partial charge in [0, 0.05) is 35.6 Å². The molecule has 1 atom stereocenters. The SMILES string of the molecule is CC(C)C(N)CCN(C)C(=O)c1cc(=O)[nH]c2c(Br)cccc12.Cl. The van der Waals surface area contributed by atoms with Crippen LogP contribution in [0.1, 0.15) is 30.6 Å². The van der Waals surface area contributed by atoms with Gasteiger partial charge < -0.3 is 15.6 Å². The lowest BCUT2D eigenvalue weighted by atomic mass is 10.0. The van der Waals surface area contributed by atoms with E-state index >= 15 is 0 Å². The van der Waals surface area contributed by atoms with E-state index in [1.165, 1.54) is 6.07 Å². The number of benzene rings is 1. The summed E-state index contributed by atoms with van der Waals surface area (Å²) in [5, 5.41) is 0.726. The fraction of sp³-hybridized carbons (Fsp3) is 0.412. The van der Waals surface area contributed by atoms with E-state index in [9.17, 15) is 9.59 Å². The molecule has 1 aromatic carbocycles. The topological polar surface area (TPSA) is 79.2 Å². The number of H-pyrrole nitrogens is 1. The fourth-order valence-corrected chi connectivity index (χ4v) is 2.87. The predicted octanol–water partition coefficient (Wildman–Crippen LogP) is 3.16. The average molecular weight is 417 g/mol. The molecular formula is C17H23BrClN3O2. The van der Waals surface area contributed by atoms with Gasteiger partial charge in [-0.2, -0.15) is 0 Å². The molecule has 2 aromatic rings. The van der Waals surface area contributed by atoms with E-state index in [-0.39, 0.29) is 29.9 Å². The van der Waals surface area contributed by atoms with Gasteiger partial charge in [-0.1, -0.05) is 26.0 Å². The molecule has 0 aliphatic heterocycles. The monoisotopic (exact) mass is 415 g/mol. The van der Waals surface area contributed by atoms with Crippen molar-refractivity contribution in [3.8, 4) is 0 Å². The molecule has 0 spiro atoms. The molecule has 7 heteroatoms. The van der Waals surface area contributed by atoms with Crippen LogP contribution in [0.2, 0.25) is 0 Å². The van der Waals surface area contributed by atoms with Gasteiger partial charge in [0.05, 0.1) is 11.1 Å². The zero-order valence-corrected chi connectivity index (χ0v) is 16.4. The minimum Gasteiger partial charge on any atom is -0.342 e. The van der Waals surface area contributed by atoms with Gasteiger partial charge in [0.15, 0.2) is 0 Å². The van der Waals surface area contributed by atoms with Crippen LogP contribution in [0.5, 0.6) is 0 Å². The van der Waals surface area contributed by atoms with E-state index in [1.54, 1.807) is 11.9 Å². The number of carbonyl (C=O) groups excluding carboxylic acids is 1. The van der Waals surface area contributed by atoms with Crippen molar-refractivity contribution in [3.63, 3.8) is 0 Å². The molecular weight excluding hydrogens is 394 g/mol. The van der Waals surface area contributed by atoms with Gasteiger partial charge in [-0.05, 0) is 34.3 Å². The Morgan fingerprint density at radius 1 is 1.38 bits per heavy atom. The lowest BCUT2D eigenvalue weighted by molar-refractivity contribution is 0.0791. The number of nitrogens with zero attached hydrogens (tertiary/aromatic N) is 1. The van der Waals surface area contributed by atoms with E-state index < -0.39 is 0 Å². The number of nitrogens with one attached hydrogen (secondary N) is 1. The molecule has 0 aliphatic carbocycles. The Bertz CT molecular complexity index is 776. The highest BCUT2D eigenvalue weighted by Gasteiger charge is 2.18. The molecule has 0 aliphatic rings. The molecule has 1 amide bonds. The normalized spacial score (nSPS) is 12.1. The third kappa shape index (κ3) is 4.59. The molecule has 0 saturated heterocycles. The molecule has 1 aromatic heterocycles. The van der Waals surface area contributed by atoms with Crippen molar-refractivity contribution in [2.45, 2.75) is 26.3 Å². The lowest BCUT2D eigenvalue weighted by Crippen LogP contribution is -2.35. The summed E-state index contributed by atoms with van der Waals surface area (Å²) in [4.78, 5) is 29.0. The van der Waals surface area contributed by atoms with Gasteiger partial charge in [-0.3, -0.25) is 9.59 Å². The van der Waals surface area contributed by atoms with Crippen LogP contribution in [0, 0.1) is 5.92 Å². The summed E-state index contributed by atoms with van der Waals surface area (Å²) in [7, 11) is 1.74. The lowest BCUT2D eigenvalue weighted by Gasteiger charge is -2.22. The highest BCUT2D eigenvalue weighted by atomic mass is 79.9. The van der Waals surface area contributed by atoms with Crippen molar-refractivity contribution in [1.82, 2.24) is 9.88 Å². The molecule has 3 N–H and O–H groups in total. The van der Waals surface area contributed by atoms with Crippen LogP contribution in [0.3, 0.4) is 0 Å². The van der Waals surface area contributed by atoms with E-state index in [4.69, 9.17) is 5.73 Å². The number of nitrogens with two attached hydrogens (primary N) is 1. The number of rotatable bonds is 5. The van der Waals surface area contributed by atoms with Crippen molar-refractivity contribution in [2.24, 2.45) is 11.7 Å². The zero-order chi connectivity index (χ0) is 17.1. The van der Waals surface area contributed by atoms with Crippen molar-refractivity contribution >= 4 is 45.1 Å². The minimum absolute atomic E-state index is 0. The maximum absolute atomic E-state index is 12.7. The first-order valence-electron chi connectivity index (χ1n) is 7.64. The van der Waals surface area contributed by atoms with Crippen LogP contribution in [-0.4, -0.2) is 35.4 Å². The van der Waals surface area contributed by atoms with E-state index in [0.29, 0.717) is 23.5 Å². The number of pyridine rings is 1. The number of halogens is 2. The number of para-hydroxylation sites is 1. The van der Waals surface area contributed by atoms with Gasteiger partial charge in [-0.25, -0.2) is 0 Å². The van der Waals surface area contributed by atoms with Gasteiger partial charge >= 0.3 is 0 Å². The summed E-state index contributed by atoms with van der Waals surface area (Å²) in [6, 6.07) is 6.91. The number of hydrogen-bond donors (Lipinski definition) is 2. The molecule has 5 nitrogen and oxygen atoms in total. The molecule has 1 unspecified atom stereocenters. The fourth-order valence-electron chi connectivity index (χ4n) is 2.40. The molecule has 0 radical (unpaired) electrons. The van der Waals surface area contributed by atoms with Crippen LogP contribution in [0.15, 0.2) is 33.5 Å². The summed E-state index contributed by atoms with van der Waals surface area (Å²) in [5.41, 5.74) is 6.79. The largest absolute Gasteiger partial charge is 0.342 e. The summed E-state index contributed by atoms with van der Waals surface area (Å²) in [6.45, 7) is 4.68. The molecule has 24 heavy (non-hydrogen) atoms. The van der Waals surface area contributed by atoms with Crippen LogP contribution in [0.25, 0.3) is 10.9 Å². The molecule has 0 bridgehead atoms. The maximum atomic E-state index is 12.7. The summed E-state index contributed by atoms with van der Waals surface area (Å²) < 4.78 is 0.756. The Kier molecular flexibility index (Phi) is 7.45. The van der Waals surface area contributed by atoms with Crippen LogP contribution < -0.4 is 11.3 Å². The first-order chi connectivity index (χ1) is 10.8. The van der Waals surface area contributed by atoms with Gasteiger partial charge in [-0.15, -0.1) is 12.4 Å². The molecule has 1 heterocycles. The number of aromatic nitrogens is 1. The van der Waals surface area contributed by atoms with E-state index in [1.807, 2.05) is 18.2 Å². The number of aromatic amines is 1. The van der Waals surface area contributed by atoms with Gasteiger partial charge in [0.2, 0.25) is 5.56 Å². The highest BCUT2D eigenvalue weighted by Crippen LogP contribution is 2.24. The molecule has 2 rings (SSSR count). The molecule has 0 saturated carbocycles. The van der Waals surface area contributed by atoms with Gasteiger partial charge in [0.1, 0.15) is 0 Å². The van der Waals surface area contributed by atoms with Crippen molar-refractivity contribution in [3.05, 3.63) is 44.7 Å².